The van der Waals surface area contributed by atoms with Gasteiger partial charge in [-0.1, -0.05) is 12.1 Å². The van der Waals surface area contributed by atoms with Gasteiger partial charge < -0.3 is 15.0 Å². The third-order valence-corrected chi connectivity index (χ3v) is 7.02. The highest BCUT2D eigenvalue weighted by Crippen LogP contribution is 2.47. The van der Waals surface area contributed by atoms with E-state index in [0.29, 0.717) is 11.4 Å². The van der Waals surface area contributed by atoms with E-state index in [2.05, 4.69) is 10.2 Å². The van der Waals surface area contributed by atoms with Gasteiger partial charge in [0.25, 0.3) is 10.0 Å². The molecule has 0 aliphatic carbocycles. The molecule has 0 saturated carbocycles. The number of aryl methyl sites for hydroxylation is 1. The number of benzene rings is 2. The second-order valence-corrected chi connectivity index (χ2v) is 10.0. The Morgan fingerprint density at radius 1 is 1.10 bits per heavy atom. The summed E-state index contributed by atoms with van der Waals surface area (Å²) in [6.07, 6.45) is 0. The van der Waals surface area contributed by atoms with Gasteiger partial charge in [0.2, 0.25) is 0 Å². The van der Waals surface area contributed by atoms with Gasteiger partial charge in [0.1, 0.15) is 16.3 Å². The third kappa shape index (κ3) is 3.67. The van der Waals surface area contributed by atoms with Crippen LogP contribution in [0.3, 0.4) is 0 Å². The number of hydrogen-bond donors (Lipinski definition) is 1. The van der Waals surface area contributed by atoms with E-state index in [0.717, 1.165) is 37.4 Å². The van der Waals surface area contributed by atoms with Crippen molar-refractivity contribution in [2.24, 2.45) is 0 Å². The summed E-state index contributed by atoms with van der Waals surface area (Å²) < 4.78 is 48.9. The molecule has 2 aromatic carbocycles. The summed E-state index contributed by atoms with van der Waals surface area (Å²) >= 11 is 0. The first-order valence-electron chi connectivity index (χ1n) is 9.76. The lowest BCUT2D eigenvalue weighted by Gasteiger charge is -2.42. The smallest absolute Gasteiger partial charge is 0.267 e. The van der Waals surface area contributed by atoms with Crippen LogP contribution in [0.1, 0.15) is 19.4 Å². The van der Waals surface area contributed by atoms with Gasteiger partial charge in [0, 0.05) is 26.2 Å². The lowest BCUT2D eigenvalue weighted by Crippen LogP contribution is -2.50. The number of piperazine rings is 1. The average Bonchev–Trinajstić information content (AvgIpc) is 2.67. The maximum Gasteiger partial charge on any atom is 0.267 e. The zero-order valence-electron chi connectivity index (χ0n) is 16.9. The standard InChI is InChI=1S/C21H26FN3O3S/c1-15-12-17(24-10-8-23-9-11-24)20-18(13-15)25(14-21(2,3)28-20)29(26,27)19-7-5-4-6-16(19)22/h4-7,12-13,23H,8-11,14H2,1-3H3. The number of nitrogens with zero attached hydrogens (tertiary/aromatic N) is 2. The number of rotatable bonds is 3. The normalized spacial score (nSPS) is 18.9. The molecule has 1 saturated heterocycles. The van der Waals surface area contributed by atoms with Crippen molar-refractivity contribution in [1.29, 1.82) is 0 Å². The van der Waals surface area contributed by atoms with Crippen LogP contribution < -0.4 is 19.3 Å². The second kappa shape index (κ2) is 7.18. The van der Waals surface area contributed by atoms with Crippen LogP contribution in [0.25, 0.3) is 0 Å². The molecule has 156 valence electrons. The first kappa shape index (κ1) is 20.0. The molecule has 2 heterocycles. The predicted octanol–water partition coefficient (Wildman–Crippen LogP) is 2.91. The monoisotopic (exact) mass is 419 g/mol. The van der Waals surface area contributed by atoms with Gasteiger partial charge in [-0.05, 0) is 50.6 Å². The fourth-order valence-corrected chi connectivity index (χ4v) is 5.57. The minimum atomic E-state index is -4.09. The molecule has 1 fully saturated rings. The fourth-order valence-electron chi connectivity index (χ4n) is 3.89. The average molecular weight is 420 g/mol. The molecule has 2 aliphatic rings. The molecule has 0 atom stereocenters. The van der Waals surface area contributed by atoms with Gasteiger partial charge in [-0.25, -0.2) is 12.8 Å². The maximum absolute atomic E-state index is 14.4. The van der Waals surface area contributed by atoms with Crippen molar-refractivity contribution in [1.82, 2.24) is 5.32 Å². The van der Waals surface area contributed by atoms with Crippen LogP contribution in [0.5, 0.6) is 5.75 Å². The summed E-state index contributed by atoms with van der Waals surface area (Å²) in [6, 6.07) is 9.32. The van der Waals surface area contributed by atoms with Crippen molar-refractivity contribution >= 4 is 21.4 Å². The van der Waals surface area contributed by atoms with E-state index in [1.807, 2.05) is 26.8 Å². The summed E-state index contributed by atoms with van der Waals surface area (Å²) in [7, 11) is -4.09. The fraction of sp³-hybridized carbons (Fsp3) is 0.429. The van der Waals surface area contributed by atoms with Crippen LogP contribution in [-0.4, -0.2) is 46.7 Å². The largest absolute Gasteiger partial charge is 0.482 e. The Kier molecular flexibility index (Phi) is 4.94. The number of ether oxygens (including phenoxy) is 1. The Balaban J connectivity index is 1.89. The highest BCUT2D eigenvalue weighted by molar-refractivity contribution is 7.92. The van der Waals surface area contributed by atoms with Crippen molar-refractivity contribution in [3.05, 3.63) is 47.8 Å². The molecular weight excluding hydrogens is 393 g/mol. The van der Waals surface area contributed by atoms with Crippen LogP contribution in [0, 0.1) is 12.7 Å². The SMILES string of the molecule is Cc1cc(N2CCNCC2)c2c(c1)N(S(=O)(=O)c1ccccc1F)CC(C)(C)O2. The van der Waals surface area contributed by atoms with Gasteiger partial charge in [-0.15, -0.1) is 0 Å². The first-order chi connectivity index (χ1) is 13.7. The van der Waals surface area contributed by atoms with Crippen molar-refractivity contribution in [2.45, 2.75) is 31.3 Å². The predicted molar refractivity (Wildman–Crippen MR) is 112 cm³/mol. The van der Waals surface area contributed by atoms with E-state index in [1.165, 1.54) is 28.6 Å². The van der Waals surface area contributed by atoms with Gasteiger partial charge in [0.15, 0.2) is 5.75 Å². The van der Waals surface area contributed by atoms with Crippen molar-refractivity contribution in [3.63, 3.8) is 0 Å². The van der Waals surface area contributed by atoms with E-state index in [1.54, 1.807) is 6.07 Å². The van der Waals surface area contributed by atoms with Crippen LogP contribution in [0.2, 0.25) is 0 Å². The van der Waals surface area contributed by atoms with Crippen molar-refractivity contribution in [3.8, 4) is 5.75 Å². The minimum absolute atomic E-state index is 0.0983. The molecule has 2 aromatic rings. The van der Waals surface area contributed by atoms with Crippen molar-refractivity contribution < 1.29 is 17.5 Å². The Hall–Kier alpha value is -2.32. The van der Waals surface area contributed by atoms with Crippen LogP contribution in [0.15, 0.2) is 41.3 Å². The minimum Gasteiger partial charge on any atom is -0.482 e. The number of nitrogens with one attached hydrogen (secondary N) is 1. The number of hydrogen-bond acceptors (Lipinski definition) is 5. The summed E-state index contributed by atoms with van der Waals surface area (Å²) in [6.45, 7) is 9.04. The summed E-state index contributed by atoms with van der Waals surface area (Å²) in [4.78, 5) is 1.88. The molecule has 0 amide bonds. The van der Waals surface area contributed by atoms with E-state index in [4.69, 9.17) is 4.74 Å². The first-order valence-corrected chi connectivity index (χ1v) is 11.2. The van der Waals surface area contributed by atoms with Gasteiger partial charge in [-0.3, -0.25) is 4.31 Å². The number of anilines is 2. The van der Waals surface area contributed by atoms with E-state index >= 15 is 0 Å². The molecular formula is C21H26FN3O3S. The lowest BCUT2D eigenvalue weighted by molar-refractivity contribution is 0.111. The Labute approximate surface area is 171 Å². The van der Waals surface area contributed by atoms with Crippen LogP contribution in [0.4, 0.5) is 15.8 Å². The molecule has 0 spiro atoms. The Morgan fingerprint density at radius 3 is 2.45 bits per heavy atom. The quantitative estimate of drug-likeness (QED) is 0.829. The summed E-state index contributed by atoms with van der Waals surface area (Å²) in [5, 5.41) is 3.33. The number of fused-ring (bicyclic) bond motifs is 1. The Bertz CT molecular complexity index is 1030. The van der Waals surface area contributed by atoms with Crippen LogP contribution in [-0.2, 0) is 10.0 Å². The second-order valence-electron chi connectivity index (χ2n) is 8.17. The molecule has 0 aromatic heterocycles. The molecule has 6 nitrogen and oxygen atoms in total. The van der Waals surface area contributed by atoms with E-state index in [9.17, 15) is 12.8 Å². The van der Waals surface area contributed by atoms with E-state index < -0.39 is 21.4 Å². The topological polar surface area (TPSA) is 61.9 Å². The van der Waals surface area contributed by atoms with Crippen LogP contribution >= 0.6 is 0 Å². The molecule has 0 bridgehead atoms. The third-order valence-electron chi connectivity index (χ3n) is 5.23. The zero-order valence-corrected chi connectivity index (χ0v) is 17.7. The highest BCUT2D eigenvalue weighted by atomic mass is 32.2. The molecule has 2 aliphatic heterocycles. The Morgan fingerprint density at radius 2 is 1.76 bits per heavy atom. The molecule has 8 heteroatoms. The molecule has 0 unspecified atom stereocenters. The van der Waals surface area contributed by atoms with Gasteiger partial charge >= 0.3 is 0 Å². The lowest BCUT2D eigenvalue weighted by atomic mass is 10.0. The summed E-state index contributed by atoms with van der Waals surface area (Å²) in [5.74, 6) is -0.220. The molecule has 4 rings (SSSR count). The van der Waals surface area contributed by atoms with Gasteiger partial charge in [0.05, 0.1) is 17.9 Å². The molecule has 0 radical (unpaired) electrons. The number of sulfonamides is 1. The highest BCUT2D eigenvalue weighted by Gasteiger charge is 2.41. The maximum atomic E-state index is 14.4. The van der Waals surface area contributed by atoms with Gasteiger partial charge in [-0.2, -0.15) is 0 Å². The van der Waals surface area contributed by atoms with Crippen molar-refractivity contribution in [2.75, 3.05) is 41.9 Å². The number of halogens is 1. The summed E-state index contributed by atoms with van der Waals surface area (Å²) in [5.41, 5.74) is 1.50. The molecule has 1 N–H and O–H groups in total. The zero-order chi connectivity index (χ0) is 20.8. The van der Waals surface area contributed by atoms with E-state index in [-0.39, 0.29) is 11.4 Å². The molecule has 29 heavy (non-hydrogen) atoms.